The average Bonchev–Trinajstić information content (AvgIpc) is 3.04. The first kappa shape index (κ1) is 20.2. The molecule has 0 spiro atoms. The molecule has 0 aliphatic rings. The predicted molar refractivity (Wildman–Crippen MR) is 97.9 cm³/mol. The molecule has 3 rings (SSSR count). The number of alkyl halides is 3. The quantitative estimate of drug-likeness (QED) is 0.674. The van der Waals surface area contributed by atoms with Gasteiger partial charge >= 0.3 is 6.18 Å². The van der Waals surface area contributed by atoms with Crippen LogP contribution in [0, 0.1) is 0 Å². The van der Waals surface area contributed by atoms with Crippen LogP contribution in [0.2, 0.25) is 5.02 Å². The number of hydrogen-bond donors (Lipinski definition) is 1. The van der Waals surface area contributed by atoms with Crippen LogP contribution in [-0.2, 0) is 23.9 Å². The summed E-state index contributed by atoms with van der Waals surface area (Å²) in [4.78, 5) is 18.3. The number of aliphatic hydroxyl groups is 1. The van der Waals surface area contributed by atoms with Gasteiger partial charge in [0.15, 0.2) is 5.65 Å². The van der Waals surface area contributed by atoms with Crippen molar-refractivity contribution in [3.8, 4) is 0 Å². The number of benzene rings is 1. The third-order valence-corrected chi connectivity index (χ3v) is 4.43. The number of carbonyl (C=O) groups excluding carboxylic acids is 1. The Morgan fingerprint density at radius 2 is 1.93 bits per heavy atom. The minimum Gasteiger partial charge on any atom is -0.395 e. The number of imidazole rings is 1. The van der Waals surface area contributed by atoms with Gasteiger partial charge in [-0.1, -0.05) is 41.9 Å². The van der Waals surface area contributed by atoms with E-state index >= 15 is 0 Å². The molecule has 148 valence electrons. The molecule has 0 aliphatic carbocycles. The lowest BCUT2D eigenvalue weighted by atomic mass is 10.2. The van der Waals surface area contributed by atoms with Crippen LogP contribution >= 0.6 is 11.6 Å². The van der Waals surface area contributed by atoms with Gasteiger partial charge in [-0.15, -0.1) is 0 Å². The van der Waals surface area contributed by atoms with Crippen molar-refractivity contribution in [2.24, 2.45) is 0 Å². The standard InChI is InChI=1S/C19H17ClF3N3O2/c20-16-8-14(19(21,22)23)11-26-12-15(24-18(16)26)9-17(28)25(6-7-27)10-13-4-2-1-3-5-13/h1-5,8,11-12,27H,6-7,9-10H2. The lowest BCUT2D eigenvalue weighted by Crippen LogP contribution is -2.34. The SMILES string of the molecule is O=C(Cc1cn2cc(C(F)(F)F)cc(Cl)c2n1)N(CCO)Cc1ccccc1. The van der Waals surface area contributed by atoms with Crippen LogP contribution in [0.5, 0.6) is 0 Å². The molecule has 0 radical (unpaired) electrons. The summed E-state index contributed by atoms with van der Waals surface area (Å²) < 4.78 is 40.0. The van der Waals surface area contributed by atoms with Gasteiger partial charge < -0.3 is 14.4 Å². The highest BCUT2D eigenvalue weighted by Crippen LogP contribution is 2.32. The van der Waals surface area contributed by atoms with Crippen molar-refractivity contribution in [1.29, 1.82) is 0 Å². The van der Waals surface area contributed by atoms with Crippen molar-refractivity contribution in [2.75, 3.05) is 13.2 Å². The molecule has 3 aromatic rings. The monoisotopic (exact) mass is 411 g/mol. The summed E-state index contributed by atoms with van der Waals surface area (Å²) in [5.74, 6) is -0.298. The number of amides is 1. The largest absolute Gasteiger partial charge is 0.417 e. The van der Waals surface area contributed by atoms with Crippen LogP contribution in [0.3, 0.4) is 0 Å². The van der Waals surface area contributed by atoms with Crippen LogP contribution in [0.4, 0.5) is 13.2 Å². The Bertz CT molecular complexity index is 974. The van der Waals surface area contributed by atoms with E-state index in [1.54, 1.807) is 0 Å². The topological polar surface area (TPSA) is 57.8 Å². The van der Waals surface area contributed by atoms with Gasteiger partial charge in [-0.25, -0.2) is 4.98 Å². The second-order valence-corrected chi connectivity index (χ2v) is 6.65. The van der Waals surface area contributed by atoms with Gasteiger partial charge in [0, 0.05) is 25.5 Å². The number of halogens is 4. The molecule has 1 N–H and O–H groups in total. The summed E-state index contributed by atoms with van der Waals surface area (Å²) in [6.07, 6.45) is -2.41. The van der Waals surface area contributed by atoms with Crippen LogP contribution in [0.15, 0.2) is 48.8 Å². The first-order valence-electron chi connectivity index (χ1n) is 8.45. The Kier molecular flexibility index (Phi) is 5.90. The molecule has 0 saturated heterocycles. The molecule has 1 aromatic carbocycles. The van der Waals surface area contributed by atoms with Crippen LogP contribution in [0.1, 0.15) is 16.8 Å². The second-order valence-electron chi connectivity index (χ2n) is 6.24. The van der Waals surface area contributed by atoms with Gasteiger partial charge in [-0.3, -0.25) is 4.79 Å². The minimum atomic E-state index is -4.54. The number of fused-ring (bicyclic) bond motifs is 1. The molecule has 1 amide bonds. The molecule has 2 aromatic heterocycles. The van der Waals surface area contributed by atoms with E-state index in [-0.39, 0.29) is 36.1 Å². The predicted octanol–water partition coefficient (Wildman–Crippen LogP) is 3.57. The highest BCUT2D eigenvalue weighted by Gasteiger charge is 2.32. The Hall–Kier alpha value is -2.58. The Labute approximate surface area is 164 Å². The zero-order valence-corrected chi connectivity index (χ0v) is 15.4. The van der Waals surface area contributed by atoms with Crippen LogP contribution in [-0.4, -0.2) is 38.4 Å². The zero-order valence-electron chi connectivity index (χ0n) is 14.7. The first-order valence-corrected chi connectivity index (χ1v) is 8.82. The normalized spacial score (nSPS) is 11.8. The van der Waals surface area contributed by atoms with Gasteiger partial charge in [-0.05, 0) is 11.6 Å². The van der Waals surface area contributed by atoms with Crippen molar-refractivity contribution < 1.29 is 23.1 Å². The third kappa shape index (κ3) is 4.63. The van der Waals surface area contributed by atoms with Gasteiger partial charge in [0.1, 0.15) is 0 Å². The van der Waals surface area contributed by atoms with Gasteiger partial charge in [0.2, 0.25) is 5.91 Å². The van der Waals surface area contributed by atoms with E-state index in [2.05, 4.69) is 4.98 Å². The van der Waals surface area contributed by atoms with E-state index in [9.17, 15) is 23.1 Å². The molecule has 0 atom stereocenters. The number of hydrogen-bond acceptors (Lipinski definition) is 3. The fourth-order valence-corrected chi connectivity index (χ4v) is 3.09. The maximum absolute atomic E-state index is 12.9. The highest BCUT2D eigenvalue weighted by molar-refractivity contribution is 6.33. The molecule has 2 heterocycles. The number of aromatic nitrogens is 2. The van der Waals surface area contributed by atoms with Crippen molar-refractivity contribution in [1.82, 2.24) is 14.3 Å². The van der Waals surface area contributed by atoms with Gasteiger partial charge in [0.25, 0.3) is 0 Å². The Balaban J connectivity index is 1.82. The molecule has 28 heavy (non-hydrogen) atoms. The summed E-state index contributed by atoms with van der Waals surface area (Å²) in [6.45, 7) is 0.247. The van der Waals surface area contributed by atoms with Gasteiger partial charge in [-0.2, -0.15) is 13.2 Å². The summed E-state index contributed by atoms with van der Waals surface area (Å²) in [5, 5.41) is 9.10. The number of rotatable bonds is 6. The molecule has 9 heteroatoms. The maximum atomic E-state index is 12.9. The van der Waals surface area contributed by atoms with Crippen molar-refractivity contribution in [3.63, 3.8) is 0 Å². The highest BCUT2D eigenvalue weighted by atomic mass is 35.5. The summed E-state index contributed by atoms with van der Waals surface area (Å²) in [6, 6.07) is 10.1. The number of aliphatic hydroxyl groups excluding tert-OH is 1. The Morgan fingerprint density at radius 1 is 1.21 bits per heavy atom. The zero-order chi connectivity index (χ0) is 20.3. The van der Waals surface area contributed by atoms with Crippen LogP contribution < -0.4 is 0 Å². The Morgan fingerprint density at radius 3 is 2.57 bits per heavy atom. The number of nitrogens with zero attached hydrogens (tertiary/aromatic N) is 3. The van der Waals surface area contributed by atoms with Crippen molar-refractivity contribution in [3.05, 3.63) is 70.6 Å². The molecule has 0 unspecified atom stereocenters. The summed E-state index contributed by atoms with van der Waals surface area (Å²) in [7, 11) is 0. The van der Waals surface area contributed by atoms with E-state index < -0.39 is 11.7 Å². The molecule has 0 saturated carbocycles. The van der Waals surface area contributed by atoms with E-state index in [0.29, 0.717) is 12.2 Å². The molecule has 0 bridgehead atoms. The van der Waals surface area contributed by atoms with E-state index in [1.807, 2.05) is 30.3 Å². The number of pyridine rings is 1. The average molecular weight is 412 g/mol. The molecule has 0 fully saturated rings. The molecule has 0 aliphatic heterocycles. The second kappa shape index (κ2) is 8.20. The van der Waals surface area contributed by atoms with Crippen LogP contribution in [0.25, 0.3) is 5.65 Å². The smallest absolute Gasteiger partial charge is 0.395 e. The number of carbonyl (C=O) groups is 1. The fraction of sp³-hybridized carbons (Fsp3) is 0.263. The summed E-state index contributed by atoms with van der Waals surface area (Å²) >= 11 is 5.93. The first-order chi connectivity index (χ1) is 13.3. The van der Waals surface area contributed by atoms with Crippen molar-refractivity contribution in [2.45, 2.75) is 19.1 Å². The van der Waals surface area contributed by atoms with Crippen molar-refractivity contribution >= 4 is 23.2 Å². The lowest BCUT2D eigenvalue weighted by Gasteiger charge is -2.21. The van der Waals surface area contributed by atoms with Gasteiger partial charge in [0.05, 0.1) is 29.3 Å². The maximum Gasteiger partial charge on any atom is 0.417 e. The molecule has 5 nitrogen and oxygen atoms in total. The molecular weight excluding hydrogens is 395 g/mol. The summed E-state index contributed by atoms with van der Waals surface area (Å²) in [5.41, 5.74) is 0.444. The minimum absolute atomic E-state index is 0.119. The van der Waals surface area contributed by atoms with E-state index in [1.165, 1.54) is 15.5 Å². The van der Waals surface area contributed by atoms with E-state index in [4.69, 9.17) is 11.6 Å². The van der Waals surface area contributed by atoms with E-state index in [0.717, 1.165) is 17.8 Å². The molecular formula is C19H17ClF3N3O2. The lowest BCUT2D eigenvalue weighted by molar-refractivity contribution is -0.138. The fourth-order valence-electron chi connectivity index (χ4n) is 2.83. The third-order valence-electron chi connectivity index (χ3n) is 4.15.